The van der Waals surface area contributed by atoms with Gasteiger partial charge in [0.1, 0.15) is 18.0 Å². The number of benzene rings is 4. The van der Waals surface area contributed by atoms with Crippen molar-refractivity contribution in [3.63, 3.8) is 0 Å². The molecule has 30 heavy (non-hydrogen) atoms. The minimum atomic E-state index is -0.593. The first-order valence-electron chi connectivity index (χ1n) is 9.47. The van der Waals surface area contributed by atoms with E-state index in [1.165, 1.54) is 12.1 Å². The second-order valence-corrected chi connectivity index (χ2v) is 7.11. The molecule has 0 aliphatic rings. The quantitative estimate of drug-likeness (QED) is 0.367. The number of imidazole rings is 1. The van der Waals surface area contributed by atoms with E-state index in [1.54, 1.807) is 12.4 Å². The number of nitrogen functional groups attached to an aromatic ring is 1. The van der Waals surface area contributed by atoms with Crippen LogP contribution in [0.4, 0.5) is 14.5 Å². The Hall–Kier alpha value is -3.99. The average Bonchev–Trinajstić information content (AvgIpc) is 3.18. The minimum Gasteiger partial charge on any atom is -0.399 e. The van der Waals surface area contributed by atoms with Gasteiger partial charge in [0.25, 0.3) is 0 Å². The topological polar surface area (TPSA) is 43.8 Å². The molecule has 2 N–H and O–H groups in total. The molecule has 5 rings (SSSR count). The van der Waals surface area contributed by atoms with Gasteiger partial charge in [-0.25, -0.2) is 13.8 Å². The van der Waals surface area contributed by atoms with E-state index in [4.69, 9.17) is 5.73 Å². The lowest BCUT2D eigenvalue weighted by Gasteiger charge is -2.09. The molecule has 0 amide bonds. The molecular weight excluding hydrogens is 380 g/mol. The average molecular weight is 397 g/mol. The van der Waals surface area contributed by atoms with Gasteiger partial charge in [0.2, 0.25) is 0 Å². The van der Waals surface area contributed by atoms with Gasteiger partial charge in [-0.1, -0.05) is 30.3 Å². The number of rotatable bonds is 3. The van der Waals surface area contributed by atoms with E-state index in [1.807, 2.05) is 65.2 Å². The molecule has 0 radical (unpaired) electrons. The van der Waals surface area contributed by atoms with E-state index in [-0.39, 0.29) is 0 Å². The van der Waals surface area contributed by atoms with E-state index in [0.29, 0.717) is 11.1 Å². The minimum absolute atomic E-state index is 0.355. The van der Waals surface area contributed by atoms with Crippen LogP contribution in [0.1, 0.15) is 0 Å². The number of halogens is 2. The summed E-state index contributed by atoms with van der Waals surface area (Å²) in [5.74, 6) is -1.18. The van der Waals surface area contributed by atoms with Crippen molar-refractivity contribution in [3.05, 3.63) is 103 Å². The normalized spacial score (nSPS) is 11.1. The monoisotopic (exact) mass is 397 g/mol. The van der Waals surface area contributed by atoms with E-state index in [2.05, 4.69) is 4.98 Å². The van der Waals surface area contributed by atoms with Crippen LogP contribution < -0.4 is 5.73 Å². The van der Waals surface area contributed by atoms with Crippen molar-refractivity contribution in [1.29, 1.82) is 0 Å². The molecule has 0 aliphatic carbocycles. The van der Waals surface area contributed by atoms with Crippen LogP contribution in [0.25, 0.3) is 39.0 Å². The molecule has 0 saturated heterocycles. The Balaban J connectivity index is 1.56. The molecule has 4 aromatic carbocycles. The zero-order chi connectivity index (χ0) is 20.7. The van der Waals surface area contributed by atoms with Gasteiger partial charge in [-0.15, -0.1) is 0 Å². The summed E-state index contributed by atoms with van der Waals surface area (Å²) < 4.78 is 29.4. The largest absolute Gasteiger partial charge is 0.399 e. The van der Waals surface area contributed by atoms with Gasteiger partial charge in [0.05, 0.1) is 11.0 Å². The van der Waals surface area contributed by atoms with E-state index < -0.39 is 11.6 Å². The maximum atomic E-state index is 14.2. The van der Waals surface area contributed by atoms with Gasteiger partial charge in [-0.2, -0.15) is 0 Å². The predicted molar refractivity (Wildman–Crippen MR) is 116 cm³/mol. The highest BCUT2D eigenvalue weighted by atomic mass is 19.1. The first kappa shape index (κ1) is 18.1. The van der Waals surface area contributed by atoms with Gasteiger partial charge in [0.15, 0.2) is 0 Å². The summed E-state index contributed by atoms with van der Waals surface area (Å²) in [5.41, 5.74) is 12.3. The van der Waals surface area contributed by atoms with Crippen molar-refractivity contribution in [2.75, 3.05) is 5.73 Å². The first-order valence-corrected chi connectivity index (χ1v) is 9.47. The maximum absolute atomic E-state index is 14.2. The molecule has 5 aromatic rings. The number of anilines is 1. The summed E-state index contributed by atoms with van der Waals surface area (Å²) in [6, 6.07) is 24.8. The van der Waals surface area contributed by atoms with Crippen molar-refractivity contribution in [1.82, 2.24) is 9.55 Å². The molecular formula is C25H17F2N3. The van der Waals surface area contributed by atoms with Gasteiger partial charge >= 0.3 is 0 Å². The third kappa shape index (κ3) is 3.20. The predicted octanol–water partition coefficient (Wildman–Crippen LogP) is 6.22. The number of fused-ring (bicyclic) bond motifs is 1. The molecule has 0 spiro atoms. The van der Waals surface area contributed by atoms with Crippen LogP contribution in [0.5, 0.6) is 0 Å². The van der Waals surface area contributed by atoms with E-state index in [9.17, 15) is 8.78 Å². The Morgan fingerprint density at radius 2 is 1.53 bits per heavy atom. The number of nitrogens with two attached hydrogens (primary N) is 1. The first-order chi connectivity index (χ1) is 14.6. The number of hydrogen-bond acceptors (Lipinski definition) is 2. The van der Waals surface area contributed by atoms with Crippen molar-refractivity contribution in [2.24, 2.45) is 0 Å². The molecule has 0 atom stereocenters. The Labute approximate surface area is 172 Å². The highest BCUT2D eigenvalue weighted by molar-refractivity contribution is 5.84. The number of hydrogen-bond donors (Lipinski definition) is 1. The van der Waals surface area contributed by atoms with Crippen molar-refractivity contribution in [2.45, 2.75) is 0 Å². The van der Waals surface area contributed by atoms with Crippen molar-refractivity contribution in [3.8, 4) is 27.9 Å². The number of nitrogens with zero attached hydrogens (tertiary/aromatic N) is 2. The Morgan fingerprint density at radius 3 is 2.33 bits per heavy atom. The molecule has 0 fully saturated rings. The van der Waals surface area contributed by atoms with Crippen molar-refractivity contribution < 1.29 is 8.78 Å². The van der Waals surface area contributed by atoms with Gasteiger partial charge < -0.3 is 5.73 Å². The molecule has 1 aromatic heterocycles. The maximum Gasteiger partial charge on any atom is 0.133 e. The van der Waals surface area contributed by atoms with Crippen molar-refractivity contribution >= 4 is 16.7 Å². The fourth-order valence-corrected chi connectivity index (χ4v) is 3.62. The van der Waals surface area contributed by atoms with Gasteiger partial charge in [-0.3, -0.25) is 4.57 Å². The van der Waals surface area contributed by atoms with Crippen LogP contribution in [0.15, 0.2) is 91.3 Å². The molecule has 146 valence electrons. The summed E-state index contributed by atoms with van der Waals surface area (Å²) in [6.45, 7) is 0. The molecule has 3 nitrogen and oxygen atoms in total. The summed E-state index contributed by atoms with van der Waals surface area (Å²) in [7, 11) is 0. The van der Waals surface area contributed by atoms with Crippen LogP contribution in [-0.2, 0) is 0 Å². The molecule has 0 unspecified atom stereocenters. The van der Waals surface area contributed by atoms with Crippen LogP contribution in [0, 0.1) is 11.6 Å². The van der Waals surface area contributed by atoms with Crippen LogP contribution in [-0.4, -0.2) is 9.55 Å². The molecule has 0 aliphatic heterocycles. The molecule has 0 saturated carbocycles. The Kier molecular flexibility index (Phi) is 4.29. The van der Waals surface area contributed by atoms with Crippen LogP contribution >= 0.6 is 0 Å². The summed E-state index contributed by atoms with van der Waals surface area (Å²) >= 11 is 0. The van der Waals surface area contributed by atoms with Crippen LogP contribution in [0.3, 0.4) is 0 Å². The zero-order valence-corrected chi connectivity index (χ0v) is 15.9. The third-order valence-electron chi connectivity index (χ3n) is 5.16. The summed E-state index contributed by atoms with van der Waals surface area (Å²) in [6.07, 6.45) is 1.75. The number of aromatic nitrogens is 2. The standard InChI is InChI=1S/C25H17F2N3/c26-19-7-10-22(23(27)14-19)18-2-1-3-21(12-18)30-15-29-24-13-17(6-11-25(24)30)16-4-8-20(28)9-5-16/h1-15H,28H2. The zero-order valence-electron chi connectivity index (χ0n) is 15.9. The lowest BCUT2D eigenvalue weighted by molar-refractivity contribution is 0.585. The Morgan fingerprint density at radius 1 is 0.733 bits per heavy atom. The third-order valence-corrected chi connectivity index (χ3v) is 5.16. The second-order valence-electron chi connectivity index (χ2n) is 7.11. The van der Waals surface area contributed by atoms with E-state index in [0.717, 1.165) is 39.6 Å². The fourth-order valence-electron chi connectivity index (χ4n) is 3.62. The summed E-state index contributed by atoms with van der Waals surface area (Å²) in [5, 5.41) is 0. The SMILES string of the molecule is Nc1ccc(-c2ccc3c(c2)ncn3-c2cccc(-c3ccc(F)cc3F)c2)cc1. The fraction of sp³-hybridized carbons (Fsp3) is 0. The van der Waals surface area contributed by atoms with Gasteiger partial charge in [-0.05, 0) is 65.2 Å². The van der Waals surface area contributed by atoms with Gasteiger partial charge in [0, 0.05) is 23.0 Å². The lowest BCUT2D eigenvalue weighted by atomic mass is 10.0. The highest BCUT2D eigenvalue weighted by Gasteiger charge is 2.10. The lowest BCUT2D eigenvalue weighted by Crippen LogP contribution is -1.93. The van der Waals surface area contributed by atoms with Crippen LogP contribution in [0.2, 0.25) is 0 Å². The van der Waals surface area contributed by atoms with E-state index >= 15 is 0 Å². The Bertz CT molecular complexity index is 1370. The smallest absolute Gasteiger partial charge is 0.133 e. The molecule has 0 bridgehead atoms. The second kappa shape index (κ2) is 7.12. The molecule has 1 heterocycles. The highest BCUT2D eigenvalue weighted by Crippen LogP contribution is 2.29. The summed E-state index contributed by atoms with van der Waals surface area (Å²) in [4.78, 5) is 4.54. The molecule has 5 heteroatoms.